The van der Waals surface area contributed by atoms with Crippen molar-refractivity contribution < 1.29 is 14.2 Å². The van der Waals surface area contributed by atoms with E-state index in [0.717, 1.165) is 17.7 Å². The molecule has 0 aliphatic heterocycles. The molecule has 134 valence electrons. The average molecular weight is 344 g/mol. The molecule has 0 saturated carbocycles. The molecule has 1 aromatic heterocycles. The van der Waals surface area contributed by atoms with E-state index in [1.165, 1.54) is 0 Å². The first-order chi connectivity index (χ1) is 12.2. The largest absolute Gasteiger partial charge is 0.493 e. The molecule has 0 atom stereocenters. The Labute approximate surface area is 147 Å². The SMILES string of the molecule is COc1ccc(CN=C(N)NCCc2ccccn2)c(OC)c1OC. The lowest BCUT2D eigenvalue weighted by Gasteiger charge is -2.15. The molecule has 1 heterocycles. The van der Waals surface area contributed by atoms with Gasteiger partial charge in [0.05, 0.1) is 27.9 Å². The predicted molar refractivity (Wildman–Crippen MR) is 97.4 cm³/mol. The van der Waals surface area contributed by atoms with Gasteiger partial charge in [-0.3, -0.25) is 4.98 Å². The van der Waals surface area contributed by atoms with Crippen LogP contribution >= 0.6 is 0 Å². The van der Waals surface area contributed by atoms with Gasteiger partial charge in [-0.25, -0.2) is 4.99 Å². The van der Waals surface area contributed by atoms with E-state index in [0.29, 0.717) is 36.3 Å². The number of aliphatic imine (C=N–C) groups is 1. The Hall–Kier alpha value is -2.96. The number of benzene rings is 1. The van der Waals surface area contributed by atoms with Gasteiger partial charge in [0.2, 0.25) is 5.75 Å². The molecule has 3 N–H and O–H groups in total. The highest BCUT2D eigenvalue weighted by Crippen LogP contribution is 2.39. The lowest BCUT2D eigenvalue weighted by molar-refractivity contribution is 0.322. The molecule has 7 nitrogen and oxygen atoms in total. The monoisotopic (exact) mass is 344 g/mol. The number of hydrogen-bond acceptors (Lipinski definition) is 5. The number of methoxy groups -OCH3 is 3. The number of nitrogens with one attached hydrogen (secondary N) is 1. The van der Waals surface area contributed by atoms with Crippen LogP contribution in [0.25, 0.3) is 0 Å². The fourth-order valence-electron chi connectivity index (χ4n) is 2.38. The van der Waals surface area contributed by atoms with E-state index in [9.17, 15) is 0 Å². The van der Waals surface area contributed by atoms with Crippen LogP contribution in [0.4, 0.5) is 0 Å². The molecule has 0 amide bonds. The van der Waals surface area contributed by atoms with E-state index >= 15 is 0 Å². The van der Waals surface area contributed by atoms with Crippen LogP contribution in [-0.2, 0) is 13.0 Å². The van der Waals surface area contributed by atoms with Gasteiger partial charge in [-0.15, -0.1) is 0 Å². The lowest BCUT2D eigenvalue weighted by atomic mass is 10.1. The number of guanidine groups is 1. The van der Waals surface area contributed by atoms with E-state index in [2.05, 4.69) is 15.3 Å². The minimum atomic E-state index is 0.367. The Kier molecular flexibility index (Phi) is 6.88. The normalized spacial score (nSPS) is 11.1. The van der Waals surface area contributed by atoms with Crippen molar-refractivity contribution in [2.75, 3.05) is 27.9 Å². The summed E-state index contributed by atoms with van der Waals surface area (Å²) in [5.41, 5.74) is 7.79. The number of ether oxygens (including phenoxy) is 3. The van der Waals surface area contributed by atoms with Crippen molar-refractivity contribution >= 4 is 5.96 Å². The molecule has 7 heteroatoms. The molecular formula is C18H24N4O3. The summed E-state index contributed by atoms with van der Waals surface area (Å²) in [7, 11) is 4.73. The van der Waals surface area contributed by atoms with Crippen molar-refractivity contribution in [3.8, 4) is 17.2 Å². The van der Waals surface area contributed by atoms with Crippen LogP contribution in [0.15, 0.2) is 41.5 Å². The third kappa shape index (κ3) is 5.00. The zero-order valence-corrected chi connectivity index (χ0v) is 14.8. The first-order valence-corrected chi connectivity index (χ1v) is 7.91. The third-order valence-corrected chi connectivity index (χ3v) is 3.62. The van der Waals surface area contributed by atoms with E-state index in [1.54, 1.807) is 27.5 Å². The number of aromatic nitrogens is 1. The number of nitrogens with two attached hydrogens (primary N) is 1. The molecule has 0 fully saturated rings. The minimum Gasteiger partial charge on any atom is -0.493 e. The summed E-state index contributed by atoms with van der Waals surface area (Å²) >= 11 is 0. The van der Waals surface area contributed by atoms with Gasteiger partial charge in [0, 0.05) is 30.4 Å². The van der Waals surface area contributed by atoms with E-state index in [-0.39, 0.29) is 0 Å². The van der Waals surface area contributed by atoms with Gasteiger partial charge in [0.25, 0.3) is 0 Å². The summed E-state index contributed by atoms with van der Waals surface area (Å²) in [6.07, 6.45) is 2.55. The second-order valence-electron chi connectivity index (χ2n) is 5.19. The van der Waals surface area contributed by atoms with Crippen molar-refractivity contribution in [2.24, 2.45) is 10.7 Å². The fraction of sp³-hybridized carbons (Fsp3) is 0.333. The summed E-state index contributed by atoms with van der Waals surface area (Å²) in [6, 6.07) is 9.53. The Morgan fingerprint density at radius 3 is 2.52 bits per heavy atom. The Morgan fingerprint density at radius 1 is 1.08 bits per heavy atom. The maximum atomic E-state index is 5.93. The van der Waals surface area contributed by atoms with Crippen molar-refractivity contribution in [3.05, 3.63) is 47.8 Å². The Balaban J connectivity index is 1.98. The van der Waals surface area contributed by atoms with Crippen LogP contribution in [-0.4, -0.2) is 38.8 Å². The average Bonchev–Trinajstić information content (AvgIpc) is 2.66. The van der Waals surface area contributed by atoms with E-state index < -0.39 is 0 Å². The topological polar surface area (TPSA) is 91.0 Å². The Bertz CT molecular complexity index is 705. The predicted octanol–water partition coefficient (Wildman–Crippen LogP) is 1.75. The molecule has 0 aliphatic rings. The van der Waals surface area contributed by atoms with E-state index in [4.69, 9.17) is 19.9 Å². The second kappa shape index (κ2) is 9.36. The summed E-state index contributed by atoms with van der Waals surface area (Å²) < 4.78 is 16.1. The zero-order chi connectivity index (χ0) is 18.1. The van der Waals surface area contributed by atoms with Crippen LogP contribution < -0.4 is 25.3 Å². The minimum absolute atomic E-state index is 0.367. The molecule has 1 aromatic carbocycles. The van der Waals surface area contributed by atoms with Gasteiger partial charge in [0.15, 0.2) is 17.5 Å². The third-order valence-electron chi connectivity index (χ3n) is 3.62. The number of hydrogen-bond donors (Lipinski definition) is 2. The fourth-order valence-corrected chi connectivity index (χ4v) is 2.38. The zero-order valence-electron chi connectivity index (χ0n) is 14.8. The molecule has 0 bridgehead atoms. The molecule has 0 unspecified atom stereocenters. The standard InChI is InChI=1S/C18H24N4O3/c1-23-15-8-7-13(16(24-2)17(15)25-3)12-22-18(19)21-11-9-14-6-4-5-10-20-14/h4-8,10H,9,11-12H2,1-3H3,(H3,19,21,22). The van der Waals surface area contributed by atoms with Gasteiger partial charge < -0.3 is 25.3 Å². The highest BCUT2D eigenvalue weighted by molar-refractivity contribution is 5.77. The van der Waals surface area contributed by atoms with Crippen LogP contribution in [0.3, 0.4) is 0 Å². The maximum Gasteiger partial charge on any atom is 0.203 e. The van der Waals surface area contributed by atoms with Gasteiger partial charge in [0.1, 0.15) is 0 Å². The van der Waals surface area contributed by atoms with Gasteiger partial charge in [-0.05, 0) is 24.3 Å². The quantitative estimate of drug-likeness (QED) is 0.560. The molecule has 0 aliphatic carbocycles. The van der Waals surface area contributed by atoms with Crippen molar-refractivity contribution in [3.63, 3.8) is 0 Å². The molecule has 25 heavy (non-hydrogen) atoms. The molecule has 0 saturated heterocycles. The summed E-state index contributed by atoms with van der Waals surface area (Å²) in [5.74, 6) is 2.10. The first-order valence-electron chi connectivity index (χ1n) is 7.91. The van der Waals surface area contributed by atoms with Crippen LogP contribution in [0, 0.1) is 0 Å². The number of pyridine rings is 1. The van der Waals surface area contributed by atoms with Crippen LogP contribution in [0.2, 0.25) is 0 Å². The van der Waals surface area contributed by atoms with E-state index in [1.807, 2.05) is 30.3 Å². The highest BCUT2D eigenvalue weighted by atomic mass is 16.5. The number of nitrogens with zero attached hydrogens (tertiary/aromatic N) is 2. The van der Waals surface area contributed by atoms with Gasteiger partial charge >= 0.3 is 0 Å². The maximum absolute atomic E-state index is 5.93. The molecule has 2 rings (SSSR count). The van der Waals surface area contributed by atoms with Gasteiger partial charge in [-0.1, -0.05) is 6.07 Å². The summed E-state index contributed by atoms with van der Waals surface area (Å²) in [5, 5.41) is 3.08. The summed E-state index contributed by atoms with van der Waals surface area (Å²) in [4.78, 5) is 8.62. The molecule has 0 spiro atoms. The van der Waals surface area contributed by atoms with Crippen molar-refractivity contribution in [1.82, 2.24) is 10.3 Å². The first kappa shape index (κ1) is 18.4. The molecule has 2 aromatic rings. The van der Waals surface area contributed by atoms with Crippen molar-refractivity contribution in [1.29, 1.82) is 0 Å². The van der Waals surface area contributed by atoms with Crippen molar-refractivity contribution in [2.45, 2.75) is 13.0 Å². The second-order valence-corrected chi connectivity index (χ2v) is 5.19. The van der Waals surface area contributed by atoms with Crippen LogP contribution in [0.5, 0.6) is 17.2 Å². The highest BCUT2D eigenvalue weighted by Gasteiger charge is 2.15. The smallest absolute Gasteiger partial charge is 0.203 e. The lowest BCUT2D eigenvalue weighted by Crippen LogP contribution is -2.33. The molecule has 0 radical (unpaired) electrons. The van der Waals surface area contributed by atoms with Crippen LogP contribution in [0.1, 0.15) is 11.3 Å². The summed E-state index contributed by atoms with van der Waals surface area (Å²) in [6.45, 7) is 1.03. The number of rotatable bonds is 8. The van der Waals surface area contributed by atoms with Gasteiger partial charge in [-0.2, -0.15) is 0 Å². The Morgan fingerprint density at radius 2 is 1.88 bits per heavy atom. The molecular weight excluding hydrogens is 320 g/mol.